The molecule has 0 aliphatic carbocycles. The highest BCUT2D eigenvalue weighted by molar-refractivity contribution is 5.94. The Morgan fingerprint density at radius 3 is 2.70 bits per heavy atom. The van der Waals surface area contributed by atoms with Crippen LogP contribution in [0.2, 0.25) is 0 Å². The molecule has 0 aromatic heterocycles. The molecule has 0 radical (unpaired) electrons. The number of amides is 1. The van der Waals surface area contributed by atoms with Gasteiger partial charge < -0.3 is 10.2 Å². The van der Waals surface area contributed by atoms with Gasteiger partial charge in [-0.2, -0.15) is 13.2 Å². The van der Waals surface area contributed by atoms with Crippen molar-refractivity contribution in [2.45, 2.75) is 19.1 Å². The molecular weight excluding hydrogens is 276 g/mol. The number of benzene rings is 1. The van der Waals surface area contributed by atoms with Gasteiger partial charge in [0.25, 0.3) is 5.91 Å². The first-order valence-electron chi connectivity index (χ1n) is 6.18. The third-order valence-corrected chi connectivity index (χ3v) is 3.17. The highest BCUT2D eigenvalue weighted by Crippen LogP contribution is 2.32. The number of nitrogens with zero attached hydrogens (tertiary/aromatic N) is 1. The lowest BCUT2D eigenvalue weighted by Gasteiger charge is -2.32. The quantitative estimate of drug-likeness (QED) is 0.805. The molecule has 20 heavy (non-hydrogen) atoms. The molecule has 7 heteroatoms. The number of hydrogen-bond donors (Lipinski definition) is 1. The summed E-state index contributed by atoms with van der Waals surface area (Å²) in [5.74, 6) is -1.88. The summed E-state index contributed by atoms with van der Waals surface area (Å²) in [7, 11) is 0. The predicted molar refractivity (Wildman–Crippen MR) is 64.8 cm³/mol. The fourth-order valence-corrected chi connectivity index (χ4v) is 2.17. The molecule has 110 valence electrons. The molecule has 1 saturated heterocycles. The minimum absolute atomic E-state index is 0.0789. The summed E-state index contributed by atoms with van der Waals surface area (Å²) in [5, 5.41) is 3.13. The van der Waals surface area contributed by atoms with Crippen molar-refractivity contribution in [3.63, 3.8) is 0 Å². The summed E-state index contributed by atoms with van der Waals surface area (Å²) in [6, 6.07) is 2.42. The van der Waals surface area contributed by atoms with Crippen molar-refractivity contribution < 1.29 is 22.4 Å². The van der Waals surface area contributed by atoms with E-state index in [4.69, 9.17) is 0 Å². The number of carbonyl (C=O) groups excluding carboxylic acids is 1. The van der Waals surface area contributed by atoms with Crippen molar-refractivity contribution in [1.82, 2.24) is 10.2 Å². The van der Waals surface area contributed by atoms with Crippen LogP contribution in [0.1, 0.15) is 22.8 Å². The highest BCUT2D eigenvalue weighted by Gasteiger charge is 2.35. The van der Waals surface area contributed by atoms with E-state index in [1.165, 1.54) is 4.90 Å². The number of rotatable bonds is 1. The number of halogens is 4. The van der Waals surface area contributed by atoms with Crippen molar-refractivity contribution in [2.24, 2.45) is 0 Å². The third kappa shape index (κ3) is 3.09. The Labute approximate surface area is 113 Å². The average Bonchev–Trinajstić information content (AvgIpc) is 2.37. The van der Waals surface area contributed by atoms with Crippen LogP contribution >= 0.6 is 0 Å². The van der Waals surface area contributed by atoms with Crippen molar-refractivity contribution in [3.05, 3.63) is 35.1 Å². The van der Waals surface area contributed by atoms with E-state index in [1.54, 1.807) is 0 Å². The third-order valence-electron chi connectivity index (χ3n) is 3.17. The van der Waals surface area contributed by atoms with E-state index in [-0.39, 0.29) is 11.6 Å². The van der Waals surface area contributed by atoms with E-state index in [2.05, 4.69) is 5.32 Å². The lowest BCUT2D eigenvalue weighted by atomic mass is 10.1. The average molecular weight is 290 g/mol. The second kappa shape index (κ2) is 5.40. The van der Waals surface area contributed by atoms with E-state index in [9.17, 15) is 22.4 Å². The number of alkyl halides is 3. The van der Waals surface area contributed by atoms with Gasteiger partial charge in [0, 0.05) is 31.2 Å². The van der Waals surface area contributed by atoms with Gasteiger partial charge in [-0.25, -0.2) is 4.39 Å². The molecule has 1 N–H and O–H groups in total. The molecular formula is C13H14F4N2O. The Bertz CT molecular complexity index is 516. The van der Waals surface area contributed by atoms with E-state index >= 15 is 0 Å². The van der Waals surface area contributed by atoms with Crippen molar-refractivity contribution in [2.75, 3.05) is 19.6 Å². The molecule has 1 aromatic carbocycles. The molecule has 0 saturated carbocycles. The number of carbonyl (C=O) groups is 1. The van der Waals surface area contributed by atoms with E-state index < -0.39 is 23.5 Å². The Morgan fingerprint density at radius 2 is 2.10 bits per heavy atom. The summed E-state index contributed by atoms with van der Waals surface area (Å²) in [6.07, 6.45) is -4.81. The Hall–Kier alpha value is -1.63. The van der Waals surface area contributed by atoms with Gasteiger partial charge in [-0.05, 0) is 25.1 Å². The maximum Gasteiger partial charge on any atom is 0.419 e. The van der Waals surface area contributed by atoms with Crippen molar-refractivity contribution in [1.29, 1.82) is 0 Å². The van der Waals surface area contributed by atoms with E-state index in [1.807, 2.05) is 6.92 Å². The summed E-state index contributed by atoms with van der Waals surface area (Å²) < 4.78 is 51.0. The fourth-order valence-electron chi connectivity index (χ4n) is 2.17. The topological polar surface area (TPSA) is 32.3 Å². The molecule has 0 spiro atoms. The zero-order valence-corrected chi connectivity index (χ0v) is 10.8. The van der Waals surface area contributed by atoms with Crippen LogP contribution in [0.4, 0.5) is 17.6 Å². The van der Waals surface area contributed by atoms with Crippen LogP contribution in [0.3, 0.4) is 0 Å². The van der Waals surface area contributed by atoms with Gasteiger partial charge in [0.2, 0.25) is 0 Å². The molecule has 1 aliphatic heterocycles. The predicted octanol–water partition coefficient (Wildman–Crippen LogP) is 2.28. The van der Waals surface area contributed by atoms with Crippen LogP contribution in [0.5, 0.6) is 0 Å². The Balaban J connectivity index is 2.26. The van der Waals surface area contributed by atoms with Crippen molar-refractivity contribution >= 4 is 5.91 Å². The maximum atomic E-state index is 13.2. The molecule has 1 aliphatic rings. The summed E-state index contributed by atoms with van der Waals surface area (Å²) in [4.78, 5) is 13.6. The van der Waals surface area contributed by atoms with Gasteiger partial charge in [-0.1, -0.05) is 0 Å². The number of nitrogens with one attached hydrogen (secondary N) is 1. The maximum absolute atomic E-state index is 13.2. The first-order valence-corrected chi connectivity index (χ1v) is 6.18. The van der Waals surface area contributed by atoms with E-state index in [0.29, 0.717) is 31.8 Å². The minimum Gasteiger partial charge on any atom is -0.336 e. The molecule has 3 nitrogen and oxygen atoms in total. The zero-order valence-electron chi connectivity index (χ0n) is 10.8. The molecule has 1 fully saturated rings. The van der Waals surface area contributed by atoms with Crippen LogP contribution in [-0.2, 0) is 6.18 Å². The standard InChI is InChI=1S/C13H14F4N2O/c1-8-7-19(5-4-18-8)12(20)9-2-3-11(14)10(6-9)13(15,16)17/h2-3,6,8,18H,4-5,7H2,1H3/t8-/m1/s1. The Kier molecular flexibility index (Phi) is 3.99. The van der Waals surface area contributed by atoms with Crippen LogP contribution in [0.25, 0.3) is 0 Å². The van der Waals surface area contributed by atoms with Gasteiger partial charge in [-0.3, -0.25) is 4.79 Å². The number of piperazine rings is 1. The molecule has 1 atom stereocenters. The largest absolute Gasteiger partial charge is 0.419 e. The van der Waals surface area contributed by atoms with Crippen LogP contribution in [0.15, 0.2) is 18.2 Å². The van der Waals surface area contributed by atoms with E-state index in [0.717, 1.165) is 6.07 Å². The van der Waals surface area contributed by atoms with Crippen LogP contribution in [0, 0.1) is 5.82 Å². The normalized spacial score (nSPS) is 20.1. The summed E-state index contributed by atoms with van der Waals surface area (Å²) in [6.45, 7) is 3.30. The van der Waals surface area contributed by atoms with Gasteiger partial charge >= 0.3 is 6.18 Å². The zero-order chi connectivity index (χ0) is 14.9. The highest BCUT2D eigenvalue weighted by atomic mass is 19.4. The second-order valence-corrected chi connectivity index (χ2v) is 4.80. The summed E-state index contributed by atoms with van der Waals surface area (Å²) in [5.41, 5.74) is -1.56. The molecule has 1 heterocycles. The molecule has 1 aromatic rings. The lowest BCUT2D eigenvalue weighted by molar-refractivity contribution is -0.140. The molecule has 0 bridgehead atoms. The fraction of sp³-hybridized carbons (Fsp3) is 0.462. The molecule has 2 rings (SSSR count). The Morgan fingerprint density at radius 1 is 1.40 bits per heavy atom. The minimum atomic E-state index is -4.81. The first-order chi connectivity index (χ1) is 9.29. The van der Waals surface area contributed by atoms with Crippen LogP contribution < -0.4 is 5.32 Å². The van der Waals surface area contributed by atoms with Gasteiger partial charge in [0.1, 0.15) is 5.82 Å². The lowest BCUT2D eigenvalue weighted by Crippen LogP contribution is -2.51. The summed E-state index contributed by atoms with van der Waals surface area (Å²) >= 11 is 0. The molecule has 1 amide bonds. The monoisotopic (exact) mass is 290 g/mol. The number of hydrogen-bond acceptors (Lipinski definition) is 2. The van der Waals surface area contributed by atoms with Gasteiger partial charge in [0.15, 0.2) is 0 Å². The smallest absolute Gasteiger partial charge is 0.336 e. The van der Waals surface area contributed by atoms with Crippen molar-refractivity contribution in [3.8, 4) is 0 Å². The first kappa shape index (κ1) is 14.8. The SMILES string of the molecule is C[C@@H]1CN(C(=O)c2ccc(F)c(C(F)(F)F)c2)CCN1. The second-order valence-electron chi connectivity index (χ2n) is 4.80. The van der Waals surface area contributed by atoms with Gasteiger partial charge in [0.05, 0.1) is 5.56 Å². The molecule has 0 unspecified atom stereocenters. The van der Waals surface area contributed by atoms with Gasteiger partial charge in [-0.15, -0.1) is 0 Å². The van der Waals surface area contributed by atoms with Crippen LogP contribution in [-0.4, -0.2) is 36.5 Å².